The van der Waals surface area contributed by atoms with Gasteiger partial charge in [0.05, 0.1) is 6.54 Å². The van der Waals surface area contributed by atoms with E-state index in [0.717, 1.165) is 31.4 Å². The maximum Gasteiger partial charge on any atom is 0.573 e. The monoisotopic (exact) mass is 466 g/mol. The predicted octanol–water partition coefficient (Wildman–Crippen LogP) is 2.43. The summed E-state index contributed by atoms with van der Waals surface area (Å²) >= 11 is 0. The van der Waals surface area contributed by atoms with Crippen LogP contribution in [0.3, 0.4) is 0 Å². The lowest BCUT2D eigenvalue weighted by atomic mass is 10.1. The number of hydrogen-bond donors (Lipinski definition) is 2. The molecule has 2 amide bonds. The molecule has 2 N–H and O–H groups in total. The molecule has 1 aromatic rings. The third-order valence-electron chi connectivity index (χ3n) is 5.33. The Morgan fingerprint density at radius 1 is 1.21 bits per heavy atom. The highest BCUT2D eigenvalue weighted by molar-refractivity contribution is 5.97. The van der Waals surface area contributed by atoms with E-state index < -0.39 is 18.2 Å². The third kappa shape index (κ3) is 7.27. The normalized spacial score (nSPS) is 19.6. The van der Waals surface area contributed by atoms with Gasteiger partial charge in [-0.2, -0.15) is 5.26 Å². The minimum Gasteiger partial charge on any atom is -0.406 e. The van der Waals surface area contributed by atoms with Crippen LogP contribution in [0, 0.1) is 11.5 Å². The van der Waals surface area contributed by atoms with Crippen molar-refractivity contribution in [2.45, 2.75) is 44.5 Å². The van der Waals surface area contributed by atoms with E-state index in [9.17, 15) is 22.8 Å². The van der Waals surface area contributed by atoms with Gasteiger partial charge in [0.25, 0.3) is 0 Å². The molecular weight excluding hydrogens is 441 g/mol. The van der Waals surface area contributed by atoms with Crippen molar-refractivity contribution >= 4 is 23.5 Å². The Bertz CT molecular complexity index is 925. The maximum atomic E-state index is 13.1. The van der Waals surface area contributed by atoms with Crippen LogP contribution in [0.2, 0.25) is 0 Å². The number of aliphatic imine (C=N–C) groups is 1. The Balaban J connectivity index is 1.72. The third-order valence-corrected chi connectivity index (χ3v) is 5.33. The second-order valence-electron chi connectivity index (χ2n) is 7.77. The topological polar surface area (TPSA) is 110 Å². The standard InChI is InChI=1S/C21H25F3N6O3/c22-21(23,24)33-16-7-5-6-15(12-16)27-20(26-14-25)28-17-8-1-2-11-30(19(17)32)13-18(31)29-9-3-4-10-29/h5-7,12,17H,1-4,8-11,13H2,(H2,26,27,28). The molecular formula is C21H25F3N6O3. The van der Waals surface area contributed by atoms with Crippen molar-refractivity contribution in [1.29, 1.82) is 5.26 Å². The van der Waals surface area contributed by atoms with E-state index in [4.69, 9.17) is 5.26 Å². The number of benzene rings is 1. The summed E-state index contributed by atoms with van der Waals surface area (Å²) in [6, 6.07) is 4.20. The van der Waals surface area contributed by atoms with Crippen LogP contribution in [0.1, 0.15) is 32.1 Å². The summed E-state index contributed by atoms with van der Waals surface area (Å²) in [5.74, 6) is -0.956. The van der Waals surface area contributed by atoms with E-state index in [-0.39, 0.29) is 30.0 Å². The van der Waals surface area contributed by atoms with Gasteiger partial charge in [0.15, 0.2) is 6.19 Å². The van der Waals surface area contributed by atoms with E-state index in [0.29, 0.717) is 32.5 Å². The summed E-state index contributed by atoms with van der Waals surface area (Å²) < 4.78 is 41.3. The van der Waals surface area contributed by atoms with E-state index in [1.807, 2.05) is 0 Å². The summed E-state index contributed by atoms with van der Waals surface area (Å²) in [5, 5.41) is 14.1. The lowest BCUT2D eigenvalue weighted by Crippen LogP contribution is -2.45. The molecule has 178 valence electrons. The van der Waals surface area contributed by atoms with Crippen LogP contribution < -0.4 is 15.4 Å². The van der Waals surface area contributed by atoms with E-state index in [1.165, 1.54) is 17.0 Å². The first-order valence-electron chi connectivity index (χ1n) is 10.7. The fraction of sp³-hybridized carbons (Fsp3) is 0.524. The predicted molar refractivity (Wildman–Crippen MR) is 113 cm³/mol. The van der Waals surface area contributed by atoms with Gasteiger partial charge in [-0.1, -0.05) is 6.07 Å². The average molecular weight is 466 g/mol. The molecule has 0 saturated carbocycles. The quantitative estimate of drug-likeness (QED) is 0.299. The van der Waals surface area contributed by atoms with Gasteiger partial charge in [-0.15, -0.1) is 13.2 Å². The number of guanidine groups is 1. The number of carbonyl (C=O) groups excluding carboxylic acids is 2. The lowest BCUT2D eigenvalue weighted by Gasteiger charge is -2.25. The van der Waals surface area contributed by atoms with Gasteiger partial charge < -0.3 is 19.9 Å². The molecule has 0 aromatic heterocycles. The van der Waals surface area contributed by atoms with Crippen molar-refractivity contribution in [1.82, 2.24) is 15.1 Å². The van der Waals surface area contributed by atoms with Crippen LogP contribution in [0.25, 0.3) is 0 Å². The van der Waals surface area contributed by atoms with Crippen LogP contribution in [0.15, 0.2) is 29.3 Å². The molecule has 2 fully saturated rings. The minimum absolute atomic E-state index is 0.0177. The van der Waals surface area contributed by atoms with Crippen LogP contribution in [-0.4, -0.2) is 66.2 Å². The number of nitrogens with zero attached hydrogens (tertiary/aromatic N) is 4. The number of hydrogen-bond acceptors (Lipinski definition) is 5. The Morgan fingerprint density at radius 2 is 1.94 bits per heavy atom. The van der Waals surface area contributed by atoms with Crippen molar-refractivity contribution < 1.29 is 27.5 Å². The first kappa shape index (κ1) is 24.2. The highest BCUT2D eigenvalue weighted by atomic mass is 19.4. The average Bonchev–Trinajstić information content (AvgIpc) is 3.23. The molecule has 33 heavy (non-hydrogen) atoms. The molecule has 2 aliphatic rings. The molecule has 0 aliphatic carbocycles. The van der Waals surface area contributed by atoms with Gasteiger partial charge in [-0.3, -0.25) is 14.9 Å². The Morgan fingerprint density at radius 3 is 2.64 bits per heavy atom. The van der Waals surface area contributed by atoms with Gasteiger partial charge in [0.2, 0.25) is 17.8 Å². The first-order valence-corrected chi connectivity index (χ1v) is 10.7. The van der Waals surface area contributed by atoms with E-state index in [1.54, 1.807) is 11.1 Å². The molecule has 2 aliphatic heterocycles. The number of likely N-dealkylation sites (tertiary alicyclic amines) is 2. The van der Waals surface area contributed by atoms with Gasteiger partial charge in [0.1, 0.15) is 11.8 Å². The number of alkyl halides is 3. The number of anilines is 1. The maximum absolute atomic E-state index is 13.1. The fourth-order valence-corrected chi connectivity index (χ4v) is 3.80. The molecule has 1 atom stereocenters. The zero-order valence-corrected chi connectivity index (χ0v) is 17.9. The first-order chi connectivity index (χ1) is 15.7. The molecule has 2 saturated heterocycles. The van der Waals surface area contributed by atoms with Crippen molar-refractivity contribution in [2.75, 3.05) is 31.5 Å². The summed E-state index contributed by atoms with van der Waals surface area (Å²) in [6.45, 7) is 1.81. The van der Waals surface area contributed by atoms with Gasteiger partial charge in [-0.25, -0.2) is 4.99 Å². The summed E-state index contributed by atoms with van der Waals surface area (Å²) in [5.41, 5.74) is 0.181. The molecule has 0 spiro atoms. The molecule has 3 rings (SSSR count). The Hall–Kier alpha value is -3.49. The number of halogens is 3. The number of ether oxygens (including phenoxy) is 1. The number of nitrogens with one attached hydrogen (secondary N) is 2. The van der Waals surface area contributed by atoms with Crippen molar-refractivity contribution in [3.63, 3.8) is 0 Å². The summed E-state index contributed by atoms with van der Waals surface area (Å²) in [6.07, 6.45) is 0.603. The molecule has 1 unspecified atom stereocenters. The molecule has 0 radical (unpaired) electrons. The zero-order chi connectivity index (χ0) is 23.8. The van der Waals surface area contributed by atoms with Crippen molar-refractivity contribution in [3.05, 3.63) is 24.3 Å². The smallest absolute Gasteiger partial charge is 0.406 e. The van der Waals surface area contributed by atoms with Crippen molar-refractivity contribution in [3.8, 4) is 11.9 Å². The van der Waals surface area contributed by atoms with E-state index in [2.05, 4.69) is 20.4 Å². The molecule has 12 heteroatoms. The minimum atomic E-state index is -4.84. The van der Waals surface area contributed by atoms with E-state index >= 15 is 0 Å². The Labute approximate surface area is 189 Å². The van der Waals surface area contributed by atoms with Crippen LogP contribution in [0.4, 0.5) is 18.9 Å². The second-order valence-corrected chi connectivity index (χ2v) is 7.77. The van der Waals surface area contributed by atoms with Gasteiger partial charge in [0, 0.05) is 31.4 Å². The van der Waals surface area contributed by atoms with Crippen LogP contribution >= 0.6 is 0 Å². The Kier molecular flexibility index (Phi) is 7.97. The summed E-state index contributed by atoms with van der Waals surface area (Å²) in [4.78, 5) is 33.1. The number of rotatable bonds is 5. The second kappa shape index (κ2) is 10.9. The molecule has 1 aromatic carbocycles. The highest BCUT2D eigenvalue weighted by Crippen LogP contribution is 2.25. The number of amides is 2. The largest absolute Gasteiger partial charge is 0.573 e. The van der Waals surface area contributed by atoms with Crippen molar-refractivity contribution in [2.24, 2.45) is 4.99 Å². The van der Waals surface area contributed by atoms with Gasteiger partial charge in [-0.05, 0) is 44.2 Å². The SMILES string of the molecule is N#CNC(=NC1CCCCN(CC(=O)N2CCCC2)C1=O)Nc1cccc(OC(F)(F)F)c1. The molecule has 9 nitrogen and oxygen atoms in total. The fourth-order valence-electron chi connectivity index (χ4n) is 3.80. The molecule has 2 heterocycles. The van der Waals surface area contributed by atoms with Crippen LogP contribution in [-0.2, 0) is 9.59 Å². The molecule has 0 bridgehead atoms. The number of nitriles is 1. The zero-order valence-electron chi connectivity index (χ0n) is 17.9. The van der Waals surface area contributed by atoms with Gasteiger partial charge >= 0.3 is 6.36 Å². The summed E-state index contributed by atoms with van der Waals surface area (Å²) in [7, 11) is 0. The lowest BCUT2D eigenvalue weighted by molar-refractivity contribution is -0.274. The number of carbonyl (C=O) groups is 2. The highest BCUT2D eigenvalue weighted by Gasteiger charge is 2.32. The van der Waals surface area contributed by atoms with Crippen LogP contribution in [0.5, 0.6) is 5.75 Å².